The Morgan fingerprint density at radius 3 is 2.44 bits per heavy atom. The lowest BCUT2D eigenvalue weighted by Crippen LogP contribution is -2.44. The minimum Gasteiger partial charge on any atom is -0.397 e. The summed E-state index contributed by atoms with van der Waals surface area (Å²) in [6.07, 6.45) is 0. The van der Waals surface area contributed by atoms with Gasteiger partial charge in [-0.3, -0.25) is 4.79 Å². The Bertz CT molecular complexity index is 441. The first kappa shape index (κ1) is 14.3. The zero-order valence-corrected chi connectivity index (χ0v) is 11.4. The van der Waals surface area contributed by atoms with Crippen LogP contribution in [0.4, 0.5) is 11.4 Å². The number of carbonyl (C=O) groups is 1. The first-order valence-corrected chi connectivity index (χ1v) is 5.84. The van der Waals surface area contributed by atoms with Gasteiger partial charge in [0.2, 0.25) is 5.91 Å². The third kappa shape index (κ3) is 3.37. The fourth-order valence-corrected chi connectivity index (χ4v) is 1.35. The van der Waals surface area contributed by atoms with E-state index in [1.54, 1.807) is 18.2 Å². The second-order valence-corrected chi connectivity index (χ2v) is 5.23. The zero-order chi connectivity index (χ0) is 13.9. The highest BCUT2D eigenvalue weighted by atomic mass is 16.1. The van der Waals surface area contributed by atoms with E-state index < -0.39 is 5.91 Å². The Balaban J connectivity index is 2.78. The molecule has 100 valence electrons. The quantitative estimate of drug-likeness (QED) is 0.684. The second kappa shape index (κ2) is 5.27. The van der Waals surface area contributed by atoms with Crippen molar-refractivity contribution in [3.63, 3.8) is 0 Å². The van der Waals surface area contributed by atoms with Crippen LogP contribution in [0.2, 0.25) is 0 Å². The number of benzene rings is 1. The van der Waals surface area contributed by atoms with Crippen molar-refractivity contribution in [1.29, 1.82) is 0 Å². The van der Waals surface area contributed by atoms with Gasteiger partial charge in [0, 0.05) is 17.6 Å². The van der Waals surface area contributed by atoms with Gasteiger partial charge in [0.1, 0.15) is 0 Å². The van der Waals surface area contributed by atoms with Crippen molar-refractivity contribution in [2.75, 3.05) is 31.7 Å². The van der Waals surface area contributed by atoms with Gasteiger partial charge in [-0.15, -0.1) is 0 Å². The van der Waals surface area contributed by atoms with E-state index in [0.717, 1.165) is 12.2 Å². The van der Waals surface area contributed by atoms with Gasteiger partial charge < -0.3 is 21.7 Å². The van der Waals surface area contributed by atoms with Crippen molar-refractivity contribution < 1.29 is 4.79 Å². The number of likely N-dealkylation sites (N-methyl/N-ethyl adjacent to an activating group) is 1. The van der Waals surface area contributed by atoms with Gasteiger partial charge in [-0.25, -0.2) is 0 Å². The van der Waals surface area contributed by atoms with Crippen molar-refractivity contribution in [1.82, 2.24) is 4.90 Å². The highest BCUT2D eigenvalue weighted by Gasteiger charge is 2.20. The summed E-state index contributed by atoms with van der Waals surface area (Å²) in [5.74, 6) is -0.470. The van der Waals surface area contributed by atoms with Crippen LogP contribution in [-0.2, 0) is 0 Å². The van der Waals surface area contributed by atoms with Gasteiger partial charge in [0.25, 0.3) is 0 Å². The average molecular weight is 250 g/mol. The molecule has 1 rings (SSSR count). The van der Waals surface area contributed by atoms with Crippen molar-refractivity contribution in [3.8, 4) is 0 Å². The standard InChI is InChI=1S/C13H22N4O/c1-13(2,17(3)4)8-16-11-6-5-9(12(15)18)7-10(11)14/h5-7,16H,8,14H2,1-4H3,(H2,15,18). The molecule has 0 saturated heterocycles. The fourth-order valence-electron chi connectivity index (χ4n) is 1.35. The molecule has 0 aliphatic carbocycles. The highest BCUT2D eigenvalue weighted by Crippen LogP contribution is 2.21. The minimum atomic E-state index is -0.470. The number of primary amides is 1. The molecule has 1 aromatic carbocycles. The van der Waals surface area contributed by atoms with E-state index in [-0.39, 0.29) is 5.54 Å². The number of amides is 1. The Morgan fingerprint density at radius 2 is 2.00 bits per heavy atom. The Labute approximate surface area is 108 Å². The lowest BCUT2D eigenvalue weighted by molar-refractivity contribution is 0.100. The van der Waals surface area contributed by atoms with Crippen molar-refractivity contribution in [3.05, 3.63) is 23.8 Å². The Hall–Kier alpha value is -1.75. The lowest BCUT2D eigenvalue weighted by atomic mass is 10.0. The first-order valence-electron chi connectivity index (χ1n) is 5.84. The largest absolute Gasteiger partial charge is 0.397 e. The number of rotatable bonds is 5. The molecule has 0 saturated carbocycles. The molecule has 0 bridgehead atoms. The van der Waals surface area contributed by atoms with Crippen LogP contribution in [0.5, 0.6) is 0 Å². The Kier molecular flexibility index (Phi) is 4.19. The molecular weight excluding hydrogens is 228 g/mol. The number of hydrogen-bond acceptors (Lipinski definition) is 4. The van der Waals surface area contributed by atoms with E-state index in [4.69, 9.17) is 11.5 Å². The van der Waals surface area contributed by atoms with Crippen LogP contribution in [0.1, 0.15) is 24.2 Å². The van der Waals surface area contributed by atoms with E-state index >= 15 is 0 Å². The summed E-state index contributed by atoms with van der Waals surface area (Å²) in [5, 5.41) is 3.28. The van der Waals surface area contributed by atoms with Crippen LogP contribution in [0.15, 0.2) is 18.2 Å². The molecule has 0 radical (unpaired) electrons. The van der Waals surface area contributed by atoms with Crippen LogP contribution in [0.3, 0.4) is 0 Å². The number of anilines is 2. The maximum atomic E-state index is 11.0. The average Bonchev–Trinajstić information content (AvgIpc) is 2.26. The van der Waals surface area contributed by atoms with E-state index in [9.17, 15) is 4.79 Å². The van der Waals surface area contributed by atoms with Gasteiger partial charge in [-0.05, 0) is 46.1 Å². The highest BCUT2D eigenvalue weighted by molar-refractivity contribution is 5.94. The summed E-state index contributed by atoms with van der Waals surface area (Å²) in [6, 6.07) is 5.04. The number of nitrogens with one attached hydrogen (secondary N) is 1. The van der Waals surface area contributed by atoms with Crippen molar-refractivity contribution in [2.24, 2.45) is 5.73 Å². The molecule has 5 nitrogen and oxygen atoms in total. The predicted octanol–water partition coefficient (Wildman–Crippen LogP) is 1.12. The summed E-state index contributed by atoms with van der Waals surface area (Å²) < 4.78 is 0. The number of nitrogen functional groups attached to an aromatic ring is 1. The number of hydrogen-bond donors (Lipinski definition) is 3. The molecule has 0 spiro atoms. The van der Waals surface area contributed by atoms with E-state index in [1.165, 1.54) is 0 Å². The molecule has 0 aliphatic rings. The minimum absolute atomic E-state index is 0.00873. The van der Waals surface area contributed by atoms with Crippen LogP contribution in [0.25, 0.3) is 0 Å². The summed E-state index contributed by atoms with van der Waals surface area (Å²) in [4.78, 5) is 13.1. The molecule has 5 N–H and O–H groups in total. The van der Waals surface area contributed by atoms with Gasteiger partial charge >= 0.3 is 0 Å². The van der Waals surface area contributed by atoms with E-state index in [2.05, 4.69) is 24.1 Å². The summed E-state index contributed by atoms with van der Waals surface area (Å²) in [5.41, 5.74) is 12.8. The van der Waals surface area contributed by atoms with Crippen LogP contribution < -0.4 is 16.8 Å². The SMILES string of the molecule is CN(C)C(C)(C)CNc1ccc(C(N)=O)cc1N. The first-order chi connectivity index (χ1) is 8.24. The number of nitrogens with zero attached hydrogens (tertiary/aromatic N) is 1. The van der Waals surface area contributed by atoms with Crippen LogP contribution in [-0.4, -0.2) is 37.0 Å². The molecule has 1 amide bonds. The summed E-state index contributed by atoms with van der Waals surface area (Å²) >= 11 is 0. The van der Waals surface area contributed by atoms with Crippen molar-refractivity contribution in [2.45, 2.75) is 19.4 Å². The van der Waals surface area contributed by atoms with Gasteiger partial charge in [-0.2, -0.15) is 0 Å². The lowest BCUT2D eigenvalue weighted by Gasteiger charge is -2.33. The monoisotopic (exact) mass is 250 g/mol. The number of nitrogens with two attached hydrogens (primary N) is 2. The smallest absolute Gasteiger partial charge is 0.248 e. The second-order valence-electron chi connectivity index (χ2n) is 5.23. The van der Waals surface area contributed by atoms with Crippen LogP contribution in [0, 0.1) is 0 Å². The van der Waals surface area contributed by atoms with Gasteiger partial charge in [0.05, 0.1) is 11.4 Å². The molecule has 0 heterocycles. The van der Waals surface area contributed by atoms with Crippen LogP contribution >= 0.6 is 0 Å². The molecule has 0 unspecified atom stereocenters. The molecule has 0 atom stereocenters. The number of carbonyl (C=O) groups excluding carboxylic acids is 1. The van der Waals surface area contributed by atoms with Crippen molar-refractivity contribution >= 4 is 17.3 Å². The van der Waals surface area contributed by atoms with Gasteiger partial charge in [-0.1, -0.05) is 0 Å². The third-order valence-corrected chi connectivity index (χ3v) is 3.26. The molecular formula is C13H22N4O. The molecule has 0 aliphatic heterocycles. The third-order valence-electron chi connectivity index (χ3n) is 3.26. The van der Waals surface area contributed by atoms with Gasteiger partial charge in [0.15, 0.2) is 0 Å². The summed E-state index contributed by atoms with van der Waals surface area (Å²) in [6.45, 7) is 5.02. The molecule has 1 aromatic rings. The van der Waals surface area contributed by atoms with E-state index in [0.29, 0.717) is 11.3 Å². The fraction of sp³-hybridized carbons (Fsp3) is 0.462. The predicted molar refractivity (Wildman–Crippen MR) is 75.6 cm³/mol. The molecule has 5 heteroatoms. The molecule has 0 fully saturated rings. The topological polar surface area (TPSA) is 84.4 Å². The zero-order valence-electron chi connectivity index (χ0n) is 11.4. The Morgan fingerprint density at radius 1 is 1.39 bits per heavy atom. The normalized spacial score (nSPS) is 11.6. The molecule has 18 heavy (non-hydrogen) atoms. The van der Waals surface area contributed by atoms with E-state index in [1.807, 2.05) is 14.1 Å². The maximum absolute atomic E-state index is 11.0. The maximum Gasteiger partial charge on any atom is 0.248 e. The molecule has 0 aromatic heterocycles. The summed E-state index contributed by atoms with van der Waals surface area (Å²) in [7, 11) is 4.06.